The lowest BCUT2D eigenvalue weighted by molar-refractivity contribution is 0.645. The zero-order valence-electron chi connectivity index (χ0n) is 11.8. The number of nitrogens with two attached hydrogens (primary N) is 1. The molecule has 21 heavy (non-hydrogen) atoms. The Morgan fingerprint density at radius 2 is 1.81 bits per heavy atom. The standard InChI is InChI=1S/C14H17ClN6/c1-10-18-12(15)8-14(19-10)21-6-4-20(5-7-21)11-2-3-13(16)17-9-11/h2-3,8-9H,4-7H2,1H3,(H2,16,17). The molecule has 0 radical (unpaired) electrons. The van der Waals surface area contributed by atoms with Crippen LogP contribution >= 0.6 is 11.6 Å². The Bertz CT molecular complexity index is 602. The van der Waals surface area contributed by atoms with Crippen molar-refractivity contribution < 1.29 is 0 Å². The fraction of sp³-hybridized carbons (Fsp3) is 0.357. The largest absolute Gasteiger partial charge is 0.384 e. The fourth-order valence-corrected chi connectivity index (χ4v) is 2.68. The highest BCUT2D eigenvalue weighted by molar-refractivity contribution is 6.29. The van der Waals surface area contributed by atoms with E-state index < -0.39 is 0 Å². The molecule has 0 aliphatic carbocycles. The molecule has 7 heteroatoms. The van der Waals surface area contributed by atoms with Crippen molar-refractivity contribution in [2.24, 2.45) is 0 Å². The van der Waals surface area contributed by atoms with Gasteiger partial charge >= 0.3 is 0 Å². The summed E-state index contributed by atoms with van der Waals surface area (Å²) in [5.74, 6) is 2.13. The van der Waals surface area contributed by atoms with Gasteiger partial charge in [0, 0.05) is 32.2 Å². The van der Waals surface area contributed by atoms with Crippen LogP contribution in [0.1, 0.15) is 5.82 Å². The molecule has 1 saturated heterocycles. The maximum absolute atomic E-state index is 6.00. The first kappa shape index (κ1) is 13.9. The van der Waals surface area contributed by atoms with E-state index in [0.29, 0.717) is 16.8 Å². The fourth-order valence-electron chi connectivity index (χ4n) is 2.46. The maximum Gasteiger partial charge on any atom is 0.134 e. The van der Waals surface area contributed by atoms with Crippen LogP contribution in [0.5, 0.6) is 0 Å². The second kappa shape index (κ2) is 5.73. The minimum Gasteiger partial charge on any atom is -0.384 e. The third-order valence-electron chi connectivity index (χ3n) is 3.53. The maximum atomic E-state index is 6.00. The van der Waals surface area contributed by atoms with Crippen molar-refractivity contribution in [1.29, 1.82) is 0 Å². The predicted molar refractivity (Wildman–Crippen MR) is 84.9 cm³/mol. The molecule has 2 N–H and O–H groups in total. The van der Waals surface area contributed by atoms with Crippen molar-refractivity contribution in [2.45, 2.75) is 6.92 Å². The Morgan fingerprint density at radius 3 is 2.43 bits per heavy atom. The van der Waals surface area contributed by atoms with Crippen LogP contribution in [0.15, 0.2) is 24.4 Å². The van der Waals surface area contributed by atoms with E-state index in [-0.39, 0.29) is 0 Å². The molecule has 0 saturated carbocycles. The van der Waals surface area contributed by atoms with Gasteiger partial charge in [0.1, 0.15) is 22.6 Å². The Kier molecular flexibility index (Phi) is 3.79. The van der Waals surface area contributed by atoms with E-state index >= 15 is 0 Å². The van der Waals surface area contributed by atoms with Gasteiger partial charge < -0.3 is 15.5 Å². The van der Waals surface area contributed by atoms with Crippen LogP contribution in [0.25, 0.3) is 0 Å². The molecule has 0 unspecified atom stereocenters. The number of hydrogen-bond acceptors (Lipinski definition) is 6. The van der Waals surface area contributed by atoms with Crippen LogP contribution < -0.4 is 15.5 Å². The average molecular weight is 305 g/mol. The summed E-state index contributed by atoms with van der Waals surface area (Å²) in [5, 5.41) is 0.489. The molecule has 0 spiro atoms. The van der Waals surface area contributed by atoms with Gasteiger partial charge in [0.05, 0.1) is 11.9 Å². The lowest BCUT2D eigenvalue weighted by Gasteiger charge is -2.36. The van der Waals surface area contributed by atoms with Gasteiger partial charge in [-0.05, 0) is 19.1 Å². The summed E-state index contributed by atoms with van der Waals surface area (Å²) < 4.78 is 0. The highest BCUT2D eigenvalue weighted by Crippen LogP contribution is 2.20. The van der Waals surface area contributed by atoms with Gasteiger partial charge in [-0.15, -0.1) is 0 Å². The molecule has 3 heterocycles. The number of halogens is 1. The zero-order valence-corrected chi connectivity index (χ0v) is 12.6. The number of nitrogens with zero attached hydrogens (tertiary/aromatic N) is 5. The van der Waals surface area contributed by atoms with Gasteiger partial charge in [0.25, 0.3) is 0 Å². The molecule has 0 bridgehead atoms. The van der Waals surface area contributed by atoms with Crippen molar-refractivity contribution in [1.82, 2.24) is 15.0 Å². The van der Waals surface area contributed by atoms with Gasteiger partial charge in [-0.2, -0.15) is 0 Å². The highest BCUT2D eigenvalue weighted by atomic mass is 35.5. The quantitative estimate of drug-likeness (QED) is 0.852. The molecule has 2 aromatic rings. The summed E-state index contributed by atoms with van der Waals surface area (Å²) in [5.41, 5.74) is 6.72. The van der Waals surface area contributed by atoms with E-state index in [1.165, 1.54) is 0 Å². The Labute approximate surface area is 128 Å². The van der Waals surface area contributed by atoms with Crippen molar-refractivity contribution in [3.8, 4) is 0 Å². The normalized spacial score (nSPS) is 15.3. The zero-order chi connectivity index (χ0) is 14.8. The molecule has 0 aromatic carbocycles. The summed E-state index contributed by atoms with van der Waals surface area (Å²) in [4.78, 5) is 17.2. The van der Waals surface area contributed by atoms with Crippen LogP contribution in [-0.2, 0) is 0 Å². The number of aryl methyl sites for hydroxylation is 1. The van der Waals surface area contributed by atoms with E-state index in [0.717, 1.165) is 37.7 Å². The monoisotopic (exact) mass is 304 g/mol. The van der Waals surface area contributed by atoms with Crippen LogP contribution in [0.4, 0.5) is 17.3 Å². The molecule has 1 aliphatic heterocycles. The Hall–Kier alpha value is -2.08. The first-order valence-corrected chi connectivity index (χ1v) is 7.22. The predicted octanol–water partition coefficient (Wildman–Crippen LogP) is 1.74. The highest BCUT2D eigenvalue weighted by Gasteiger charge is 2.19. The van der Waals surface area contributed by atoms with E-state index in [1.807, 2.05) is 31.3 Å². The van der Waals surface area contributed by atoms with Crippen molar-refractivity contribution in [3.63, 3.8) is 0 Å². The molecular formula is C14H17ClN6. The van der Waals surface area contributed by atoms with Gasteiger partial charge in [0.15, 0.2) is 0 Å². The third-order valence-corrected chi connectivity index (χ3v) is 3.73. The summed E-state index contributed by atoms with van der Waals surface area (Å²) in [6.07, 6.45) is 1.82. The molecule has 0 amide bonds. The van der Waals surface area contributed by atoms with E-state index in [9.17, 15) is 0 Å². The van der Waals surface area contributed by atoms with Crippen LogP contribution in [0, 0.1) is 6.92 Å². The number of piperazine rings is 1. The average Bonchev–Trinajstić information content (AvgIpc) is 2.47. The number of pyridine rings is 1. The third kappa shape index (κ3) is 3.16. The first-order chi connectivity index (χ1) is 10.1. The summed E-state index contributed by atoms with van der Waals surface area (Å²) in [6, 6.07) is 5.65. The molecule has 110 valence electrons. The molecule has 2 aromatic heterocycles. The topological polar surface area (TPSA) is 71.2 Å². The lowest BCUT2D eigenvalue weighted by Crippen LogP contribution is -2.47. The van der Waals surface area contributed by atoms with Gasteiger partial charge in [0.2, 0.25) is 0 Å². The van der Waals surface area contributed by atoms with Gasteiger partial charge in [-0.25, -0.2) is 15.0 Å². The summed E-state index contributed by atoms with van der Waals surface area (Å²) in [6.45, 7) is 5.44. The molecule has 1 aliphatic rings. The smallest absolute Gasteiger partial charge is 0.134 e. The number of aromatic nitrogens is 3. The number of anilines is 3. The van der Waals surface area contributed by atoms with Gasteiger partial charge in [-0.3, -0.25) is 0 Å². The molecular weight excluding hydrogens is 288 g/mol. The van der Waals surface area contributed by atoms with E-state index in [1.54, 1.807) is 0 Å². The molecule has 6 nitrogen and oxygen atoms in total. The second-order valence-electron chi connectivity index (χ2n) is 5.01. The van der Waals surface area contributed by atoms with Gasteiger partial charge in [-0.1, -0.05) is 11.6 Å². The molecule has 3 rings (SSSR count). The lowest BCUT2D eigenvalue weighted by atomic mass is 10.2. The number of nitrogen functional groups attached to an aromatic ring is 1. The van der Waals surface area contributed by atoms with Crippen LogP contribution in [0.2, 0.25) is 5.15 Å². The van der Waals surface area contributed by atoms with Crippen molar-refractivity contribution >= 4 is 28.9 Å². The van der Waals surface area contributed by atoms with Crippen LogP contribution in [-0.4, -0.2) is 41.1 Å². The summed E-state index contributed by atoms with van der Waals surface area (Å²) in [7, 11) is 0. The minimum atomic E-state index is 0.489. The Balaban J connectivity index is 1.68. The minimum absolute atomic E-state index is 0.489. The molecule has 1 fully saturated rings. The molecule has 0 atom stereocenters. The number of hydrogen-bond donors (Lipinski definition) is 1. The van der Waals surface area contributed by atoms with E-state index in [4.69, 9.17) is 17.3 Å². The second-order valence-corrected chi connectivity index (χ2v) is 5.40. The van der Waals surface area contributed by atoms with Crippen molar-refractivity contribution in [2.75, 3.05) is 41.7 Å². The first-order valence-electron chi connectivity index (χ1n) is 6.84. The Morgan fingerprint density at radius 1 is 1.10 bits per heavy atom. The summed E-state index contributed by atoms with van der Waals surface area (Å²) >= 11 is 6.00. The van der Waals surface area contributed by atoms with Crippen LogP contribution in [0.3, 0.4) is 0 Å². The number of rotatable bonds is 2. The van der Waals surface area contributed by atoms with Crippen molar-refractivity contribution in [3.05, 3.63) is 35.4 Å². The SMILES string of the molecule is Cc1nc(Cl)cc(N2CCN(c3ccc(N)nc3)CC2)n1. The van der Waals surface area contributed by atoms with E-state index in [2.05, 4.69) is 24.8 Å².